The zero-order valence-electron chi connectivity index (χ0n) is 13.9. The van der Waals surface area contributed by atoms with Gasteiger partial charge in [0.05, 0.1) is 22.8 Å². The number of aromatic amines is 2. The molecular formula is C20H14N4SZn. The number of nitrogens with one attached hydrogen (secondary N) is 2. The SMILES string of the molecule is C1=Cc2cc3ccc(cc4nc(cc5ccc(cc1n2)[nH]5)C=C4)[nH]3.[S]=[Zn]. The predicted octanol–water partition coefficient (Wildman–Crippen LogP) is 5.30. The van der Waals surface area contributed by atoms with E-state index in [1.807, 2.05) is 48.6 Å². The Hall–Kier alpha value is -2.56. The van der Waals surface area contributed by atoms with Gasteiger partial charge in [-0.05, 0) is 72.8 Å². The fraction of sp³-hybridized carbons (Fsp3) is 0. The number of H-pyrrole nitrogens is 2. The van der Waals surface area contributed by atoms with Crippen molar-refractivity contribution >= 4 is 56.5 Å². The van der Waals surface area contributed by atoms with E-state index in [2.05, 4.69) is 54.3 Å². The van der Waals surface area contributed by atoms with Gasteiger partial charge in [-0.1, -0.05) is 0 Å². The van der Waals surface area contributed by atoms with E-state index in [0.717, 1.165) is 61.4 Å². The van der Waals surface area contributed by atoms with Gasteiger partial charge in [0, 0.05) is 22.1 Å². The molecule has 0 atom stereocenters. The fourth-order valence-corrected chi connectivity index (χ4v) is 2.94. The second-order valence-electron chi connectivity index (χ2n) is 5.91. The Morgan fingerprint density at radius 2 is 0.808 bits per heavy atom. The molecule has 0 amide bonds. The minimum absolute atomic E-state index is 0.939. The van der Waals surface area contributed by atoms with Gasteiger partial charge in [0.2, 0.25) is 0 Å². The average molecular weight is 408 g/mol. The first-order chi connectivity index (χ1) is 12.8. The summed E-state index contributed by atoms with van der Waals surface area (Å²) in [5.74, 6) is 0. The average Bonchev–Trinajstić information content (AvgIpc) is 3.42. The number of aromatic nitrogens is 4. The zero-order valence-corrected chi connectivity index (χ0v) is 17.7. The van der Waals surface area contributed by atoms with Gasteiger partial charge in [0.15, 0.2) is 0 Å². The van der Waals surface area contributed by atoms with Crippen LogP contribution in [0.2, 0.25) is 0 Å². The van der Waals surface area contributed by atoms with Crippen molar-refractivity contribution in [3.05, 3.63) is 71.3 Å². The maximum atomic E-state index is 4.63. The molecule has 3 aromatic heterocycles. The molecule has 5 rings (SSSR count). The Morgan fingerprint density at radius 3 is 1.08 bits per heavy atom. The van der Waals surface area contributed by atoms with Crippen LogP contribution >= 0.6 is 10.1 Å². The van der Waals surface area contributed by atoms with E-state index in [0.29, 0.717) is 0 Å². The van der Waals surface area contributed by atoms with Crippen LogP contribution in [0.4, 0.5) is 0 Å². The third kappa shape index (κ3) is 3.67. The first kappa shape index (κ1) is 16.9. The van der Waals surface area contributed by atoms with Gasteiger partial charge in [0.1, 0.15) is 0 Å². The van der Waals surface area contributed by atoms with Crippen LogP contribution in [0.3, 0.4) is 0 Å². The summed E-state index contributed by atoms with van der Waals surface area (Å²) in [6.45, 7) is 0. The van der Waals surface area contributed by atoms with E-state index >= 15 is 0 Å². The Morgan fingerprint density at radius 1 is 0.538 bits per heavy atom. The molecule has 6 heteroatoms. The van der Waals surface area contributed by atoms with Gasteiger partial charge in [-0.3, -0.25) is 0 Å². The topological polar surface area (TPSA) is 57.4 Å². The molecule has 0 aliphatic carbocycles. The van der Waals surface area contributed by atoms with Crippen molar-refractivity contribution in [3.8, 4) is 0 Å². The van der Waals surface area contributed by atoms with Gasteiger partial charge >= 0.3 is 26.7 Å². The van der Waals surface area contributed by atoms with Crippen LogP contribution in [0.15, 0.2) is 48.5 Å². The van der Waals surface area contributed by atoms with Crippen molar-refractivity contribution in [2.24, 2.45) is 0 Å². The van der Waals surface area contributed by atoms with Gasteiger partial charge in [-0.2, -0.15) is 0 Å². The van der Waals surface area contributed by atoms with Crippen molar-refractivity contribution in [3.63, 3.8) is 0 Å². The number of hydrogen-bond donors (Lipinski definition) is 2. The summed E-state index contributed by atoms with van der Waals surface area (Å²) in [7, 11) is 4.21. The minimum atomic E-state index is 0.939. The van der Waals surface area contributed by atoms with Crippen LogP contribution < -0.4 is 0 Å². The summed E-state index contributed by atoms with van der Waals surface area (Å²) >= 11 is 0.958. The molecule has 2 aliphatic rings. The first-order valence-electron chi connectivity index (χ1n) is 8.14. The number of nitrogens with zero attached hydrogens (tertiary/aromatic N) is 2. The quantitative estimate of drug-likeness (QED) is 0.342. The van der Waals surface area contributed by atoms with Crippen LogP contribution in [-0.4, -0.2) is 19.9 Å². The Balaban J connectivity index is 0.000000814. The summed E-state index contributed by atoms with van der Waals surface area (Å²) in [4.78, 5) is 16.0. The summed E-state index contributed by atoms with van der Waals surface area (Å²) in [5, 5.41) is 0. The molecule has 0 spiro atoms. The van der Waals surface area contributed by atoms with Gasteiger partial charge in [-0.15, -0.1) is 0 Å². The third-order valence-electron chi connectivity index (χ3n) is 4.04. The van der Waals surface area contributed by atoms with Gasteiger partial charge < -0.3 is 9.97 Å². The molecular weight excluding hydrogens is 394 g/mol. The van der Waals surface area contributed by atoms with Crippen LogP contribution in [0, 0.1) is 0 Å². The zero-order chi connectivity index (χ0) is 17.9. The van der Waals surface area contributed by atoms with E-state index in [9.17, 15) is 0 Å². The van der Waals surface area contributed by atoms with Crippen LogP contribution in [0.1, 0.15) is 22.8 Å². The Kier molecular flexibility index (Phi) is 4.78. The summed E-state index contributed by atoms with van der Waals surface area (Å²) in [6.07, 6.45) is 8.09. The second kappa shape index (κ2) is 7.36. The number of rotatable bonds is 0. The summed E-state index contributed by atoms with van der Waals surface area (Å²) in [6, 6.07) is 16.4. The van der Waals surface area contributed by atoms with E-state index < -0.39 is 0 Å². The van der Waals surface area contributed by atoms with Crippen molar-refractivity contribution in [1.82, 2.24) is 19.9 Å². The summed E-state index contributed by atoms with van der Waals surface area (Å²) in [5.41, 5.74) is 7.86. The molecule has 4 nitrogen and oxygen atoms in total. The molecule has 0 fully saturated rings. The molecule has 2 aliphatic heterocycles. The molecule has 0 saturated heterocycles. The summed E-state index contributed by atoms with van der Waals surface area (Å²) < 4.78 is 0. The fourth-order valence-electron chi connectivity index (χ4n) is 2.94. The third-order valence-corrected chi connectivity index (χ3v) is 4.04. The van der Waals surface area contributed by atoms with E-state index in [1.54, 1.807) is 0 Å². The first-order valence-corrected chi connectivity index (χ1v) is 12.3. The molecule has 26 heavy (non-hydrogen) atoms. The van der Waals surface area contributed by atoms with Crippen molar-refractivity contribution in [1.29, 1.82) is 0 Å². The van der Waals surface area contributed by atoms with Crippen LogP contribution in [0.5, 0.6) is 0 Å². The molecule has 0 radical (unpaired) electrons. The van der Waals surface area contributed by atoms with Crippen LogP contribution in [-0.2, 0) is 16.6 Å². The molecule has 0 aromatic carbocycles. The van der Waals surface area contributed by atoms with Gasteiger partial charge in [-0.25, -0.2) is 9.97 Å². The Bertz CT molecular complexity index is 1010. The van der Waals surface area contributed by atoms with Crippen molar-refractivity contribution in [2.75, 3.05) is 0 Å². The monoisotopic (exact) mass is 406 g/mol. The van der Waals surface area contributed by atoms with Crippen molar-refractivity contribution in [2.45, 2.75) is 0 Å². The normalized spacial score (nSPS) is 11.9. The molecule has 0 unspecified atom stereocenters. The van der Waals surface area contributed by atoms with Crippen molar-refractivity contribution < 1.29 is 16.6 Å². The van der Waals surface area contributed by atoms with Gasteiger partial charge in [0.25, 0.3) is 0 Å². The number of fused-ring (bicyclic) bond motifs is 8. The molecule has 122 valence electrons. The predicted molar refractivity (Wildman–Crippen MR) is 106 cm³/mol. The maximum absolute atomic E-state index is 4.63. The van der Waals surface area contributed by atoms with Crippen LogP contribution in [0.25, 0.3) is 46.4 Å². The van der Waals surface area contributed by atoms with E-state index in [-0.39, 0.29) is 0 Å². The number of hydrogen-bond acceptors (Lipinski definition) is 3. The van der Waals surface area contributed by atoms with E-state index in [1.165, 1.54) is 0 Å². The molecule has 8 bridgehead atoms. The van der Waals surface area contributed by atoms with E-state index in [4.69, 9.17) is 0 Å². The molecule has 0 saturated carbocycles. The molecule has 2 N–H and O–H groups in total. The molecule has 5 heterocycles. The second-order valence-corrected chi connectivity index (χ2v) is 5.91. The molecule has 3 aromatic rings. The Labute approximate surface area is 164 Å². The standard InChI is InChI=1S/C20H14N4.S.Zn/c1-2-14-10-16-5-6-18(23-16)12-20-8-7-19(24-20)11-17-4-3-15(22-17)9-13(1)21-14;;/h1-12,21,24H;;.